The molecule has 0 saturated carbocycles. The van der Waals surface area contributed by atoms with Gasteiger partial charge in [0.25, 0.3) is 5.91 Å². The van der Waals surface area contributed by atoms with Crippen LogP contribution in [0.2, 0.25) is 0 Å². The molecule has 0 spiro atoms. The molecule has 28 heavy (non-hydrogen) atoms. The smallest absolute Gasteiger partial charge is 0.260 e. The summed E-state index contributed by atoms with van der Waals surface area (Å²) >= 11 is 0. The second-order valence-electron chi connectivity index (χ2n) is 7.67. The lowest BCUT2D eigenvalue weighted by Gasteiger charge is -2.30. The number of carbonyl (C=O) groups is 1. The molecule has 146 valence electrons. The molecule has 1 aliphatic rings. The number of hydrogen-bond donors (Lipinski definition) is 0. The number of piperidine rings is 1. The number of ether oxygens (including phenoxy) is 1. The zero-order valence-corrected chi connectivity index (χ0v) is 16.6. The lowest BCUT2D eigenvalue weighted by molar-refractivity contribution is -0.134. The van der Waals surface area contributed by atoms with Gasteiger partial charge in [-0.25, -0.2) is 14.6 Å². The zero-order chi connectivity index (χ0) is 19.7. The Morgan fingerprint density at radius 3 is 2.57 bits per heavy atom. The van der Waals surface area contributed by atoms with Gasteiger partial charge < -0.3 is 9.64 Å². The summed E-state index contributed by atoms with van der Waals surface area (Å²) in [7, 11) is 0. The van der Waals surface area contributed by atoms with E-state index in [1.54, 1.807) is 10.9 Å². The lowest BCUT2D eigenvalue weighted by Crippen LogP contribution is -2.40. The molecule has 1 aliphatic heterocycles. The number of nitrogens with zero attached hydrogens (tertiary/aromatic N) is 5. The van der Waals surface area contributed by atoms with E-state index in [-0.39, 0.29) is 12.5 Å². The van der Waals surface area contributed by atoms with Gasteiger partial charge in [0.05, 0.1) is 11.9 Å². The first-order chi connectivity index (χ1) is 13.5. The Balaban J connectivity index is 1.54. The van der Waals surface area contributed by atoms with Gasteiger partial charge in [0.2, 0.25) is 5.88 Å². The number of likely N-dealkylation sites (tertiary alicyclic amines) is 1. The van der Waals surface area contributed by atoms with E-state index in [2.05, 4.69) is 54.0 Å². The Hall–Kier alpha value is -2.96. The molecule has 4 rings (SSSR count). The van der Waals surface area contributed by atoms with Gasteiger partial charge in [-0.2, -0.15) is 5.10 Å². The number of benzene rings is 1. The standard InChI is InChI=1S/C21H25N5O2/c1-14-4-6-25(7-5-14)19(27)12-28-21-18-11-24-26(20(18)22-13-23-21)17-9-15(2)8-16(3)10-17/h8-11,13-14H,4-7,12H2,1-3H3. The van der Waals surface area contributed by atoms with Crippen LogP contribution in [-0.4, -0.2) is 50.3 Å². The van der Waals surface area contributed by atoms with Gasteiger partial charge in [0.15, 0.2) is 12.3 Å². The molecule has 1 amide bonds. The predicted octanol–water partition coefficient (Wildman–Crippen LogP) is 3.07. The minimum absolute atomic E-state index is 0.000336. The van der Waals surface area contributed by atoms with Gasteiger partial charge in [-0.05, 0) is 55.9 Å². The Kier molecular flexibility index (Phi) is 4.98. The molecule has 2 aromatic heterocycles. The van der Waals surface area contributed by atoms with Crippen LogP contribution in [0.1, 0.15) is 30.9 Å². The average Bonchev–Trinajstić information content (AvgIpc) is 3.10. The van der Waals surface area contributed by atoms with Gasteiger partial charge in [0.1, 0.15) is 11.7 Å². The molecule has 0 atom stereocenters. The summed E-state index contributed by atoms with van der Waals surface area (Å²) in [6.07, 6.45) is 5.24. The Labute approximate surface area is 164 Å². The molecule has 0 radical (unpaired) electrons. The topological polar surface area (TPSA) is 73.1 Å². The summed E-state index contributed by atoms with van der Waals surface area (Å²) < 4.78 is 7.54. The largest absolute Gasteiger partial charge is 0.467 e. The summed E-state index contributed by atoms with van der Waals surface area (Å²) in [6, 6.07) is 6.23. The third-order valence-electron chi connectivity index (χ3n) is 5.25. The molecule has 7 heteroatoms. The first-order valence-electron chi connectivity index (χ1n) is 9.69. The van der Waals surface area contributed by atoms with E-state index in [0.717, 1.165) is 42.7 Å². The fourth-order valence-electron chi connectivity index (χ4n) is 3.68. The van der Waals surface area contributed by atoms with E-state index in [4.69, 9.17) is 4.74 Å². The highest BCUT2D eigenvalue weighted by Crippen LogP contribution is 2.24. The van der Waals surface area contributed by atoms with E-state index in [1.165, 1.54) is 6.33 Å². The maximum Gasteiger partial charge on any atom is 0.260 e. The first kappa shape index (κ1) is 18.4. The van der Waals surface area contributed by atoms with E-state index in [1.807, 2.05) is 4.90 Å². The van der Waals surface area contributed by atoms with E-state index in [9.17, 15) is 4.79 Å². The highest BCUT2D eigenvalue weighted by molar-refractivity contribution is 5.82. The molecule has 1 aromatic carbocycles. The Bertz CT molecular complexity index is 985. The first-order valence-corrected chi connectivity index (χ1v) is 9.69. The van der Waals surface area contributed by atoms with Crippen molar-refractivity contribution in [2.24, 2.45) is 5.92 Å². The number of amides is 1. The van der Waals surface area contributed by atoms with Crippen LogP contribution in [0.3, 0.4) is 0 Å². The van der Waals surface area contributed by atoms with Crippen LogP contribution in [0.5, 0.6) is 5.88 Å². The van der Waals surface area contributed by atoms with Crippen LogP contribution in [0.25, 0.3) is 16.7 Å². The fourth-order valence-corrected chi connectivity index (χ4v) is 3.68. The maximum atomic E-state index is 12.5. The second kappa shape index (κ2) is 7.58. The molecule has 3 heterocycles. The van der Waals surface area contributed by atoms with Crippen molar-refractivity contribution in [3.05, 3.63) is 41.9 Å². The highest BCUT2D eigenvalue weighted by atomic mass is 16.5. The number of hydrogen-bond acceptors (Lipinski definition) is 5. The van der Waals surface area contributed by atoms with Crippen molar-refractivity contribution in [2.45, 2.75) is 33.6 Å². The van der Waals surface area contributed by atoms with Crippen LogP contribution in [0.4, 0.5) is 0 Å². The lowest BCUT2D eigenvalue weighted by atomic mass is 9.99. The summed E-state index contributed by atoms with van der Waals surface area (Å²) in [5.74, 6) is 1.07. The number of aryl methyl sites for hydroxylation is 2. The fraction of sp³-hybridized carbons (Fsp3) is 0.429. The third-order valence-corrected chi connectivity index (χ3v) is 5.25. The highest BCUT2D eigenvalue weighted by Gasteiger charge is 2.21. The van der Waals surface area contributed by atoms with Gasteiger partial charge in [-0.3, -0.25) is 4.79 Å². The van der Waals surface area contributed by atoms with Crippen LogP contribution in [-0.2, 0) is 4.79 Å². The molecule has 0 aliphatic carbocycles. The maximum absolute atomic E-state index is 12.5. The number of fused-ring (bicyclic) bond motifs is 1. The van der Waals surface area contributed by atoms with Crippen molar-refractivity contribution in [2.75, 3.05) is 19.7 Å². The Morgan fingerprint density at radius 2 is 1.86 bits per heavy atom. The Morgan fingerprint density at radius 1 is 1.14 bits per heavy atom. The normalized spacial score (nSPS) is 15.2. The summed E-state index contributed by atoms with van der Waals surface area (Å²) in [5, 5.41) is 5.17. The van der Waals surface area contributed by atoms with Gasteiger partial charge in [0, 0.05) is 13.1 Å². The van der Waals surface area contributed by atoms with Crippen LogP contribution >= 0.6 is 0 Å². The van der Waals surface area contributed by atoms with Crippen molar-refractivity contribution in [1.29, 1.82) is 0 Å². The molecule has 7 nitrogen and oxygen atoms in total. The molecular weight excluding hydrogens is 354 g/mol. The second-order valence-corrected chi connectivity index (χ2v) is 7.67. The van der Waals surface area contributed by atoms with Crippen LogP contribution in [0.15, 0.2) is 30.7 Å². The summed E-state index contributed by atoms with van der Waals surface area (Å²) in [4.78, 5) is 22.9. The monoisotopic (exact) mass is 379 g/mol. The quantitative estimate of drug-likeness (QED) is 0.697. The molecule has 1 saturated heterocycles. The minimum atomic E-state index is -0.0186. The van der Waals surface area contributed by atoms with Crippen LogP contribution in [0, 0.1) is 19.8 Å². The van der Waals surface area contributed by atoms with E-state index in [0.29, 0.717) is 22.8 Å². The predicted molar refractivity (Wildman–Crippen MR) is 107 cm³/mol. The number of aromatic nitrogens is 4. The number of rotatable bonds is 4. The third kappa shape index (κ3) is 3.69. The van der Waals surface area contributed by atoms with Gasteiger partial charge in [-0.15, -0.1) is 0 Å². The van der Waals surface area contributed by atoms with Crippen molar-refractivity contribution < 1.29 is 9.53 Å². The van der Waals surface area contributed by atoms with E-state index < -0.39 is 0 Å². The number of carbonyl (C=O) groups excluding carboxylic acids is 1. The minimum Gasteiger partial charge on any atom is -0.467 e. The summed E-state index contributed by atoms with van der Waals surface area (Å²) in [5.41, 5.74) is 3.92. The van der Waals surface area contributed by atoms with Crippen molar-refractivity contribution in [3.63, 3.8) is 0 Å². The molecule has 0 unspecified atom stereocenters. The molecular formula is C21H25N5O2. The molecule has 0 N–H and O–H groups in total. The van der Waals surface area contributed by atoms with E-state index >= 15 is 0 Å². The molecule has 0 bridgehead atoms. The molecule has 3 aromatic rings. The average molecular weight is 379 g/mol. The summed E-state index contributed by atoms with van der Waals surface area (Å²) in [6.45, 7) is 7.91. The van der Waals surface area contributed by atoms with Crippen molar-refractivity contribution in [3.8, 4) is 11.6 Å². The van der Waals surface area contributed by atoms with Crippen molar-refractivity contribution in [1.82, 2.24) is 24.6 Å². The van der Waals surface area contributed by atoms with Gasteiger partial charge >= 0.3 is 0 Å². The van der Waals surface area contributed by atoms with Crippen molar-refractivity contribution >= 4 is 16.9 Å². The molecule has 1 fully saturated rings. The van der Waals surface area contributed by atoms with Crippen LogP contribution < -0.4 is 4.74 Å². The zero-order valence-electron chi connectivity index (χ0n) is 16.6. The SMILES string of the molecule is Cc1cc(C)cc(-n2ncc3c(OCC(=O)N4CCC(C)CC4)ncnc32)c1. The van der Waals surface area contributed by atoms with Gasteiger partial charge in [-0.1, -0.05) is 13.0 Å².